The molecule has 1 aromatic rings. The van der Waals surface area contributed by atoms with Gasteiger partial charge in [-0.2, -0.15) is 0 Å². The zero-order valence-corrected chi connectivity index (χ0v) is 12.7. The van der Waals surface area contributed by atoms with Crippen LogP contribution < -0.4 is 10.6 Å². The van der Waals surface area contributed by atoms with Crippen LogP contribution in [0.4, 0.5) is 10.5 Å². The summed E-state index contributed by atoms with van der Waals surface area (Å²) in [5.74, 6) is -0.360. The summed E-state index contributed by atoms with van der Waals surface area (Å²) in [5.41, 5.74) is 1.50. The van der Waals surface area contributed by atoms with Crippen LogP contribution in [-0.2, 0) is 11.2 Å². The van der Waals surface area contributed by atoms with Gasteiger partial charge in [0, 0.05) is 18.7 Å². The second-order valence-corrected chi connectivity index (χ2v) is 5.07. The summed E-state index contributed by atoms with van der Waals surface area (Å²) < 4.78 is 0. The summed E-state index contributed by atoms with van der Waals surface area (Å²) in [6.07, 6.45) is 2.52. The van der Waals surface area contributed by atoms with Gasteiger partial charge in [0.2, 0.25) is 0 Å². The Morgan fingerprint density at radius 3 is 2.48 bits per heavy atom. The molecule has 0 heterocycles. The first kappa shape index (κ1) is 17.0. The topological polar surface area (TPSA) is 78.4 Å². The van der Waals surface area contributed by atoms with E-state index in [1.807, 2.05) is 18.2 Å². The van der Waals surface area contributed by atoms with Crippen LogP contribution in [-0.4, -0.2) is 23.7 Å². The summed E-state index contributed by atoms with van der Waals surface area (Å²) in [6, 6.07) is 7.03. The number of aryl methyl sites for hydroxylation is 1. The highest BCUT2D eigenvalue weighted by atomic mass is 16.4. The van der Waals surface area contributed by atoms with Crippen molar-refractivity contribution in [1.82, 2.24) is 5.32 Å². The fraction of sp³-hybridized carbons (Fsp3) is 0.500. The number of aliphatic carboxylic acids is 1. The minimum Gasteiger partial charge on any atom is -0.481 e. The van der Waals surface area contributed by atoms with Crippen molar-refractivity contribution >= 4 is 17.7 Å². The van der Waals surface area contributed by atoms with Crippen LogP contribution >= 0.6 is 0 Å². The molecule has 3 N–H and O–H groups in total. The molecule has 1 aromatic carbocycles. The van der Waals surface area contributed by atoms with E-state index in [0.717, 1.165) is 18.4 Å². The molecule has 0 aliphatic carbocycles. The highest BCUT2D eigenvalue weighted by molar-refractivity contribution is 5.90. The van der Waals surface area contributed by atoms with E-state index < -0.39 is 5.97 Å². The molecule has 5 nitrogen and oxygen atoms in total. The molecule has 0 aromatic heterocycles. The largest absolute Gasteiger partial charge is 0.481 e. The predicted octanol–water partition coefficient (Wildman–Crippen LogP) is 3.26. The van der Waals surface area contributed by atoms with Gasteiger partial charge in [0.15, 0.2) is 0 Å². The molecule has 1 rings (SSSR count). The normalized spacial score (nSPS) is 10.4. The minimum absolute atomic E-state index is 0.0497. The molecule has 2 amide bonds. The van der Waals surface area contributed by atoms with Gasteiger partial charge in [-0.3, -0.25) is 4.79 Å². The maximum absolute atomic E-state index is 11.9. The van der Waals surface area contributed by atoms with Crippen molar-refractivity contribution in [2.75, 3.05) is 11.9 Å². The molecule has 0 saturated carbocycles. The number of urea groups is 1. The number of anilines is 1. The second-order valence-electron chi connectivity index (χ2n) is 5.07. The van der Waals surface area contributed by atoms with Crippen molar-refractivity contribution in [2.24, 2.45) is 5.92 Å². The third kappa shape index (κ3) is 6.29. The number of amides is 2. The third-order valence-corrected chi connectivity index (χ3v) is 3.58. The van der Waals surface area contributed by atoms with E-state index in [-0.39, 0.29) is 12.5 Å². The van der Waals surface area contributed by atoms with Gasteiger partial charge >= 0.3 is 12.0 Å². The predicted molar refractivity (Wildman–Crippen MR) is 83.5 cm³/mol. The molecule has 0 bridgehead atoms. The zero-order valence-electron chi connectivity index (χ0n) is 12.7. The van der Waals surface area contributed by atoms with Crippen LogP contribution in [0, 0.1) is 5.92 Å². The Labute approximate surface area is 125 Å². The van der Waals surface area contributed by atoms with E-state index in [9.17, 15) is 9.59 Å². The second kappa shape index (κ2) is 9.00. The third-order valence-electron chi connectivity index (χ3n) is 3.58. The highest BCUT2D eigenvalue weighted by Gasteiger charge is 2.09. The highest BCUT2D eigenvalue weighted by Crippen LogP contribution is 2.16. The van der Waals surface area contributed by atoms with E-state index in [1.54, 1.807) is 6.07 Å². The molecule has 21 heavy (non-hydrogen) atoms. The van der Waals surface area contributed by atoms with Gasteiger partial charge in [-0.1, -0.05) is 44.9 Å². The van der Waals surface area contributed by atoms with Crippen LogP contribution in [0.1, 0.15) is 38.7 Å². The smallest absolute Gasteiger partial charge is 0.319 e. The number of rotatable bonds is 8. The van der Waals surface area contributed by atoms with E-state index in [4.69, 9.17) is 5.11 Å². The molecule has 0 aliphatic heterocycles. The lowest BCUT2D eigenvalue weighted by molar-refractivity contribution is -0.136. The van der Waals surface area contributed by atoms with Gasteiger partial charge in [-0.25, -0.2) is 4.79 Å². The molecule has 0 aliphatic rings. The molecule has 0 fully saturated rings. The van der Waals surface area contributed by atoms with E-state index >= 15 is 0 Å². The van der Waals surface area contributed by atoms with Crippen LogP contribution in [0.15, 0.2) is 24.3 Å². The molecule has 0 saturated heterocycles. The lowest BCUT2D eigenvalue weighted by Crippen LogP contribution is -2.33. The summed E-state index contributed by atoms with van der Waals surface area (Å²) in [6.45, 7) is 4.86. The Hall–Kier alpha value is -2.04. The van der Waals surface area contributed by atoms with E-state index in [0.29, 0.717) is 24.6 Å². The SMILES string of the molecule is CCC(CC)CNC(=O)Nc1ccccc1CCC(=O)O. The van der Waals surface area contributed by atoms with Gasteiger partial charge in [0.1, 0.15) is 0 Å². The number of carbonyl (C=O) groups is 2. The van der Waals surface area contributed by atoms with E-state index in [2.05, 4.69) is 24.5 Å². The Balaban J connectivity index is 2.57. The number of para-hydroxylation sites is 1. The van der Waals surface area contributed by atoms with Crippen molar-refractivity contribution < 1.29 is 14.7 Å². The molecule has 0 unspecified atom stereocenters. The summed E-state index contributed by atoms with van der Waals surface area (Å²) in [4.78, 5) is 22.6. The van der Waals surface area contributed by atoms with Crippen molar-refractivity contribution in [3.8, 4) is 0 Å². The monoisotopic (exact) mass is 292 g/mol. The Bertz CT molecular complexity index is 470. The van der Waals surface area contributed by atoms with Crippen molar-refractivity contribution in [2.45, 2.75) is 39.5 Å². The van der Waals surface area contributed by atoms with Crippen LogP contribution in [0.25, 0.3) is 0 Å². The van der Waals surface area contributed by atoms with Crippen LogP contribution in [0.2, 0.25) is 0 Å². The summed E-state index contributed by atoms with van der Waals surface area (Å²) in [5, 5.41) is 14.4. The van der Waals surface area contributed by atoms with Crippen molar-refractivity contribution in [3.05, 3.63) is 29.8 Å². The van der Waals surface area contributed by atoms with Crippen LogP contribution in [0.3, 0.4) is 0 Å². The maximum Gasteiger partial charge on any atom is 0.319 e. The van der Waals surface area contributed by atoms with Crippen molar-refractivity contribution in [3.63, 3.8) is 0 Å². The number of carbonyl (C=O) groups excluding carboxylic acids is 1. The number of nitrogens with one attached hydrogen (secondary N) is 2. The molecular formula is C16H24N2O3. The fourth-order valence-corrected chi connectivity index (χ4v) is 2.08. The first-order valence-corrected chi connectivity index (χ1v) is 7.41. The maximum atomic E-state index is 11.9. The van der Waals surface area contributed by atoms with Gasteiger partial charge in [0.05, 0.1) is 0 Å². The minimum atomic E-state index is -0.844. The molecular weight excluding hydrogens is 268 g/mol. The average Bonchev–Trinajstić information content (AvgIpc) is 2.47. The zero-order chi connectivity index (χ0) is 15.7. The lowest BCUT2D eigenvalue weighted by atomic mass is 10.0. The molecule has 0 radical (unpaired) electrons. The molecule has 5 heteroatoms. The van der Waals surface area contributed by atoms with Crippen molar-refractivity contribution in [1.29, 1.82) is 0 Å². The Kier molecular flexibility index (Phi) is 7.29. The van der Waals surface area contributed by atoms with Gasteiger partial charge in [0.25, 0.3) is 0 Å². The summed E-state index contributed by atoms with van der Waals surface area (Å²) >= 11 is 0. The first-order chi connectivity index (χ1) is 10.1. The van der Waals surface area contributed by atoms with Gasteiger partial charge in [-0.15, -0.1) is 0 Å². The first-order valence-electron chi connectivity index (χ1n) is 7.41. The van der Waals surface area contributed by atoms with E-state index in [1.165, 1.54) is 0 Å². The quantitative estimate of drug-likeness (QED) is 0.688. The summed E-state index contributed by atoms with van der Waals surface area (Å²) in [7, 11) is 0. The number of carboxylic acids is 1. The number of benzene rings is 1. The lowest BCUT2D eigenvalue weighted by Gasteiger charge is -2.15. The molecule has 0 spiro atoms. The number of hydrogen-bond acceptors (Lipinski definition) is 2. The number of carboxylic acid groups (broad SMARTS) is 1. The van der Waals surface area contributed by atoms with Gasteiger partial charge < -0.3 is 15.7 Å². The van der Waals surface area contributed by atoms with Crippen LogP contribution in [0.5, 0.6) is 0 Å². The molecule has 116 valence electrons. The fourth-order valence-electron chi connectivity index (χ4n) is 2.08. The van der Waals surface area contributed by atoms with Gasteiger partial charge in [-0.05, 0) is 24.0 Å². The Morgan fingerprint density at radius 1 is 1.19 bits per heavy atom. The standard InChI is InChI=1S/C16H24N2O3/c1-3-12(4-2)11-17-16(21)18-14-8-6-5-7-13(14)9-10-15(19)20/h5-8,12H,3-4,9-11H2,1-2H3,(H,19,20)(H2,17,18,21). The molecule has 0 atom stereocenters. The Morgan fingerprint density at radius 2 is 1.86 bits per heavy atom. The average molecular weight is 292 g/mol. The number of hydrogen-bond donors (Lipinski definition) is 3.